The van der Waals surface area contributed by atoms with Gasteiger partial charge in [-0.1, -0.05) is 29.3 Å². The minimum absolute atomic E-state index is 0.0142. The largest absolute Gasteiger partial charge is 0.340 e. The van der Waals surface area contributed by atoms with Crippen LogP contribution >= 0.6 is 23.2 Å². The van der Waals surface area contributed by atoms with Gasteiger partial charge in [0.2, 0.25) is 5.91 Å². The Morgan fingerprint density at radius 1 is 1.29 bits per heavy atom. The summed E-state index contributed by atoms with van der Waals surface area (Å²) >= 11 is 12.0. The Labute approximate surface area is 152 Å². The minimum Gasteiger partial charge on any atom is -0.340 e. The summed E-state index contributed by atoms with van der Waals surface area (Å²) < 4.78 is 0. The van der Waals surface area contributed by atoms with E-state index in [2.05, 4.69) is 5.32 Å². The van der Waals surface area contributed by atoms with Crippen LogP contribution in [0.1, 0.15) is 43.5 Å². The maximum absolute atomic E-state index is 12.7. The van der Waals surface area contributed by atoms with Crippen molar-refractivity contribution in [2.75, 3.05) is 6.54 Å². The number of nitrogens with two attached hydrogens (primary N) is 1. The molecule has 3 N–H and O–H groups in total. The van der Waals surface area contributed by atoms with Crippen molar-refractivity contribution in [1.29, 1.82) is 0 Å². The second-order valence-electron chi connectivity index (χ2n) is 6.25. The highest BCUT2D eigenvalue weighted by Gasteiger charge is 2.32. The summed E-state index contributed by atoms with van der Waals surface area (Å²) in [4.78, 5) is 26.9. The molecule has 1 aliphatic heterocycles. The first kappa shape index (κ1) is 19.0. The molecular weight excluding hydrogens is 349 g/mol. The number of hydrogen-bond acceptors (Lipinski definition) is 3. The fourth-order valence-corrected chi connectivity index (χ4v) is 3.43. The number of piperidine rings is 1. The van der Waals surface area contributed by atoms with Crippen molar-refractivity contribution in [2.45, 2.75) is 51.2 Å². The van der Waals surface area contributed by atoms with E-state index in [1.54, 1.807) is 30.0 Å². The number of carbonyl (C=O) groups is 2. The molecule has 2 rings (SSSR count). The number of nitrogens with zero attached hydrogens (tertiary/aromatic N) is 1. The van der Waals surface area contributed by atoms with Gasteiger partial charge in [-0.2, -0.15) is 0 Å². The van der Waals surface area contributed by atoms with Gasteiger partial charge in [0.05, 0.1) is 15.6 Å². The normalized spacial score (nSPS) is 20.4. The molecule has 7 heteroatoms. The number of nitrogens with one attached hydrogen (secondary N) is 1. The van der Waals surface area contributed by atoms with Crippen LogP contribution in [0.3, 0.4) is 0 Å². The van der Waals surface area contributed by atoms with E-state index in [-0.39, 0.29) is 28.6 Å². The van der Waals surface area contributed by atoms with Gasteiger partial charge in [-0.05, 0) is 45.2 Å². The standard InChI is InChI=1S/C17H23Cl2N3O2/c1-10(20)14-8-3-4-9-22(14)17(24)11(2)21-16(23)12-6-5-7-13(18)15(12)19/h5-7,10-11,14H,3-4,8-9,20H2,1-2H3,(H,21,23). The summed E-state index contributed by atoms with van der Waals surface area (Å²) in [5, 5.41) is 3.19. The highest BCUT2D eigenvalue weighted by molar-refractivity contribution is 6.43. The molecule has 24 heavy (non-hydrogen) atoms. The van der Waals surface area contributed by atoms with Gasteiger partial charge in [0.25, 0.3) is 5.91 Å². The Hall–Kier alpha value is -1.30. The lowest BCUT2D eigenvalue weighted by Gasteiger charge is -2.39. The molecule has 0 aromatic heterocycles. The maximum atomic E-state index is 12.7. The highest BCUT2D eigenvalue weighted by Crippen LogP contribution is 2.25. The number of amides is 2. The number of rotatable bonds is 4. The lowest BCUT2D eigenvalue weighted by molar-refractivity contribution is -0.137. The van der Waals surface area contributed by atoms with Gasteiger partial charge in [-0.15, -0.1) is 0 Å². The van der Waals surface area contributed by atoms with E-state index in [1.165, 1.54) is 0 Å². The van der Waals surface area contributed by atoms with E-state index in [9.17, 15) is 9.59 Å². The predicted octanol–water partition coefficient (Wildman–Crippen LogP) is 2.84. The molecule has 2 amide bonds. The van der Waals surface area contributed by atoms with E-state index in [0.29, 0.717) is 11.6 Å². The molecule has 0 radical (unpaired) electrons. The van der Waals surface area contributed by atoms with Gasteiger partial charge in [0.15, 0.2) is 0 Å². The van der Waals surface area contributed by atoms with Crippen molar-refractivity contribution in [1.82, 2.24) is 10.2 Å². The van der Waals surface area contributed by atoms with Gasteiger partial charge >= 0.3 is 0 Å². The molecular formula is C17H23Cl2N3O2. The average Bonchev–Trinajstić information content (AvgIpc) is 2.56. The topological polar surface area (TPSA) is 75.4 Å². The summed E-state index contributed by atoms with van der Waals surface area (Å²) in [6, 6.07) is 4.08. The zero-order valence-electron chi connectivity index (χ0n) is 13.9. The Balaban J connectivity index is 2.08. The second-order valence-corrected chi connectivity index (χ2v) is 7.04. The van der Waals surface area contributed by atoms with Crippen molar-refractivity contribution in [3.63, 3.8) is 0 Å². The lowest BCUT2D eigenvalue weighted by Crippen LogP contribution is -2.56. The zero-order valence-corrected chi connectivity index (χ0v) is 15.4. The number of halogens is 2. The summed E-state index contributed by atoms with van der Waals surface area (Å²) in [7, 11) is 0. The zero-order chi connectivity index (χ0) is 17.9. The van der Waals surface area contributed by atoms with Crippen LogP contribution in [0, 0.1) is 0 Å². The first-order valence-corrected chi connectivity index (χ1v) is 8.89. The minimum atomic E-state index is -0.660. The van der Waals surface area contributed by atoms with Crippen molar-refractivity contribution in [3.05, 3.63) is 33.8 Å². The first-order valence-electron chi connectivity index (χ1n) is 8.14. The molecule has 1 aromatic carbocycles. The Morgan fingerprint density at radius 3 is 2.67 bits per heavy atom. The number of likely N-dealkylation sites (tertiary alicyclic amines) is 1. The van der Waals surface area contributed by atoms with Crippen molar-refractivity contribution < 1.29 is 9.59 Å². The Bertz CT molecular complexity index is 622. The Morgan fingerprint density at radius 2 is 2.00 bits per heavy atom. The molecule has 132 valence electrons. The van der Waals surface area contributed by atoms with E-state index in [4.69, 9.17) is 28.9 Å². The highest BCUT2D eigenvalue weighted by atomic mass is 35.5. The summed E-state index contributed by atoms with van der Waals surface area (Å²) in [6.45, 7) is 4.25. The predicted molar refractivity (Wildman–Crippen MR) is 96.4 cm³/mol. The monoisotopic (exact) mass is 371 g/mol. The van der Waals surface area contributed by atoms with E-state index >= 15 is 0 Å². The molecule has 0 saturated carbocycles. The number of carbonyl (C=O) groups excluding carboxylic acids is 2. The first-order chi connectivity index (χ1) is 11.3. The fraction of sp³-hybridized carbons (Fsp3) is 0.529. The smallest absolute Gasteiger partial charge is 0.253 e. The van der Waals surface area contributed by atoms with Crippen LogP contribution in [0.15, 0.2) is 18.2 Å². The summed E-state index contributed by atoms with van der Waals surface area (Å²) in [5.41, 5.74) is 6.27. The Kier molecular flexibility index (Phi) is 6.49. The van der Waals surface area contributed by atoms with Crippen LogP contribution in [0.5, 0.6) is 0 Å². The summed E-state index contributed by atoms with van der Waals surface area (Å²) in [6.07, 6.45) is 2.91. The van der Waals surface area contributed by atoms with Crippen LogP contribution < -0.4 is 11.1 Å². The van der Waals surface area contributed by atoms with E-state index in [0.717, 1.165) is 19.3 Å². The van der Waals surface area contributed by atoms with Crippen LogP contribution in [-0.2, 0) is 4.79 Å². The third-order valence-electron chi connectivity index (χ3n) is 4.35. The third kappa shape index (κ3) is 4.21. The van der Waals surface area contributed by atoms with Crippen LogP contribution in [0.2, 0.25) is 10.0 Å². The molecule has 1 saturated heterocycles. The molecule has 1 aliphatic rings. The molecule has 3 atom stereocenters. The maximum Gasteiger partial charge on any atom is 0.253 e. The molecule has 0 aliphatic carbocycles. The molecule has 5 nitrogen and oxygen atoms in total. The molecule has 1 aromatic rings. The van der Waals surface area contributed by atoms with Gasteiger partial charge < -0.3 is 16.0 Å². The summed E-state index contributed by atoms with van der Waals surface area (Å²) in [5.74, 6) is -0.541. The molecule has 0 spiro atoms. The average molecular weight is 372 g/mol. The van der Waals surface area contributed by atoms with Crippen molar-refractivity contribution in [3.8, 4) is 0 Å². The van der Waals surface area contributed by atoms with Gasteiger partial charge in [0.1, 0.15) is 6.04 Å². The van der Waals surface area contributed by atoms with Crippen molar-refractivity contribution >= 4 is 35.0 Å². The van der Waals surface area contributed by atoms with Gasteiger partial charge in [0, 0.05) is 18.6 Å². The SMILES string of the molecule is CC(NC(=O)c1cccc(Cl)c1Cl)C(=O)N1CCCCC1C(C)N. The molecule has 3 unspecified atom stereocenters. The van der Waals surface area contributed by atoms with E-state index in [1.807, 2.05) is 6.92 Å². The quantitative estimate of drug-likeness (QED) is 0.854. The number of hydrogen-bond donors (Lipinski definition) is 2. The van der Waals surface area contributed by atoms with Gasteiger partial charge in [-0.25, -0.2) is 0 Å². The third-order valence-corrected chi connectivity index (χ3v) is 5.17. The van der Waals surface area contributed by atoms with Crippen LogP contribution in [-0.4, -0.2) is 41.4 Å². The van der Waals surface area contributed by atoms with E-state index < -0.39 is 11.9 Å². The van der Waals surface area contributed by atoms with Gasteiger partial charge in [-0.3, -0.25) is 9.59 Å². The number of benzene rings is 1. The van der Waals surface area contributed by atoms with Crippen LogP contribution in [0.25, 0.3) is 0 Å². The second kappa shape index (κ2) is 8.19. The van der Waals surface area contributed by atoms with Crippen LogP contribution in [0.4, 0.5) is 0 Å². The molecule has 1 heterocycles. The van der Waals surface area contributed by atoms with Crippen molar-refractivity contribution in [2.24, 2.45) is 5.73 Å². The molecule has 1 fully saturated rings. The lowest BCUT2D eigenvalue weighted by atomic mass is 9.96. The fourth-order valence-electron chi connectivity index (χ4n) is 3.04. The molecule has 0 bridgehead atoms.